The molecule has 5 rings (SSSR count). The van der Waals surface area contributed by atoms with E-state index < -0.39 is 18.0 Å². The Balaban J connectivity index is 1.37. The Kier molecular flexibility index (Phi) is 6.55. The van der Waals surface area contributed by atoms with Crippen LogP contribution in [0.2, 0.25) is 5.02 Å². The lowest BCUT2D eigenvalue weighted by atomic mass is 10.00. The number of hydrogen-bond donors (Lipinski definition) is 2. The first kappa shape index (κ1) is 25.0. The molecule has 2 heterocycles. The van der Waals surface area contributed by atoms with E-state index in [1.165, 1.54) is 10.8 Å². The number of primary amides is 1. The number of nitrogens with zero attached hydrogens (tertiary/aromatic N) is 2. The second-order valence-corrected chi connectivity index (χ2v) is 9.96. The lowest BCUT2D eigenvalue weighted by Crippen LogP contribution is -2.48. The van der Waals surface area contributed by atoms with Crippen LogP contribution in [0.15, 0.2) is 48.7 Å². The van der Waals surface area contributed by atoms with Crippen LogP contribution in [-0.4, -0.2) is 53.3 Å². The normalized spacial score (nSPS) is 22.1. The van der Waals surface area contributed by atoms with Crippen LogP contribution >= 0.6 is 11.6 Å². The van der Waals surface area contributed by atoms with Crippen LogP contribution in [0.25, 0.3) is 10.9 Å². The number of benzene rings is 2. The number of halogens is 2. The third-order valence-electron chi connectivity index (χ3n) is 7.22. The van der Waals surface area contributed by atoms with Gasteiger partial charge in [-0.25, -0.2) is 9.18 Å². The number of fused-ring (bicyclic) bond motifs is 2. The number of para-hydroxylation sites is 1. The van der Waals surface area contributed by atoms with Crippen LogP contribution in [0, 0.1) is 11.2 Å². The number of piperidine rings is 1. The molecule has 0 spiro atoms. The predicted octanol–water partition coefficient (Wildman–Crippen LogP) is 2.81. The van der Waals surface area contributed by atoms with Gasteiger partial charge in [0.2, 0.25) is 11.8 Å². The van der Waals surface area contributed by atoms with Crippen molar-refractivity contribution in [3.8, 4) is 0 Å². The monoisotopic (exact) mass is 528 g/mol. The van der Waals surface area contributed by atoms with Crippen LogP contribution in [0.4, 0.5) is 9.18 Å². The van der Waals surface area contributed by atoms with E-state index in [2.05, 4.69) is 5.32 Å². The number of ether oxygens (including phenoxy) is 1. The van der Waals surface area contributed by atoms with Crippen molar-refractivity contribution in [3.63, 3.8) is 0 Å². The van der Waals surface area contributed by atoms with E-state index in [-0.39, 0.29) is 46.8 Å². The quantitative estimate of drug-likeness (QED) is 0.466. The Morgan fingerprint density at radius 3 is 2.70 bits per heavy atom. The molecule has 9 nitrogen and oxygen atoms in total. The van der Waals surface area contributed by atoms with Crippen molar-refractivity contribution in [2.45, 2.75) is 37.9 Å². The largest absolute Gasteiger partial charge is 0.429 e. The van der Waals surface area contributed by atoms with Gasteiger partial charge in [-0.3, -0.25) is 9.59 Å². The molecule has 2 aliphatic rings. The predicted molar refractivity (Wildman–Crippen MR) is 133 cm³/mol. The van der Waals surface area contributed by atoms with Gasteiger partial charge >= 0.3 is 6.09 Å². The number of hydrogen-bond acceptors (Lipinski definition) is 5. The SMILES string of the molecule is COC[C@@]12C[C@@H](C(=O)NCc3cccc(Cl)c3F)N(C(=O)Cc3cn(OC(N)=O)c4ccccc34)[C@@H]1C2. The smallest absolute Gasteiger partial charge is 0.384 e. The number of methoxy groups -OCH3 is 1. The van der Waals surface area contributed by atoms with E-state index >= 15 is 0 Å². The summed E-state index contributed by atoms with van der Waals surface area (Å²) in [5.74, 6) is -1.19. The standard InChI is InChI=1S/C26H26ClFN4O5/c1-36-14-26-10-20(24(34)30-12-15-5-4-7-18(27)23(15)28)32(21(26)11-26)22(33)9-16-13-31(37-25(29)35)19-8-3-2-6-17(16)19/h2-8,13,20-21H,9-12,14H2,1H3,(H2,29,35)(H,30,34)/t20-,21+,26-/m0/s1. The maximum absolute atomic E-state index is 14.3. The zero-order valence-corrected chi connectivity index (χ0v) is 20.8. The second kappa shape index (κ2) is 9.68. The van der Waals surface area contributed by atoms with E-state index in [9.17, 15) is 18.8 Å². The third kappa shape index (κ3) is 4.62. The van der Waals surface area contributed by atoms with Crippen molar-refractivity contribution in [2.75, 3.05) is 13.7 Å². The minimum absolute atomic E-state index is 0.0120. The van der Waals surface area contributed by atoms with Gasteiger partial charge in [0.25, 0.3) is 0 Å². The van der Waals surface area contributed by atoms with Gasteiger partial charge in [0.1, 0.15) is 11.9 Å². The van der Waals surface area contributed by atoms with E-state index in [0.29, 0.717) is 24.1 Å². The highest BCUT2D eigenvalue weighted by atomic mass is 35.5. The molecule has 11 heteroatoms. The molecule has 1 saturated carbocycles. The van der Waals surface area contributed by atoms with E-state index in [1.54, 1.807) is 42.5 Å². The van der Waals surface area contributed by atoms with Crippen LogP contribution in [0.5, 0.6) is 0 Å². The van der Waals surface area contributed by atoms with Crippen molar-refractivity contribution < 1.29 is 28.3 Å². The molecule has 37 heavy (non-hydrogen) atoms. The maximum Gasteiger partial charge on any atom is 0.429 e. The van der Waals surface area contributed by atoms with Gasteiger partial charge in [-0.05, 0) is 30.5 Å². The lowest BCUT2D eigenvalue weighted by molar-refractivity contribution is -0.139. The average molecular weight is 529 g/mol. The summed E-state index contributed by atoms with van der Waals surface area (Å²) < 4.78 is 21.0. The average Bonchev–Trinajstić information content (AvgIpc) is 3.30. The van der Waals surface area contributed by atoms with Crippen LogP contribution in [0.3, 0.4) is 0 Å². The Morgan fingerprint density at radius 2 is 1.95 bits per heavy atom. The molecule has 2 fully saturated rings. The number of likely N-dealkylation sites (tertiary alicyclic amines) is 1. The van der Waals surface area contributed by atoms with Gasteiger partial charge in [-0.1, -0.05) is 41.9 Å². The van der Waals surface area contributed by atoms with Gasteiger partial charge in [-0.15, -0.1) is 0 Å². The summed E-state index contributed by atoms with van der Waals surface area (Å²) in [6.45, 7) is 0.379. The molecule has 1 aliphatic carbocycles. The number of amides is 3. The Morgan fingerprint density at radius 1 is 1.16 bits per heavy atom. The van der Waals surface area contributed by atoms with Crippen LogP contribution < -0.4 is 15.9 Å². The molecule has 3 aromatic rings. The molecular formula is C26H26ClFN4O5. The Hall–Kier alpha value is -3.63. The molecule has 3 N–H and O–H groups in total. The van der Waals surface area contributed by atoms with Crippen molar-refractivity contribution in [2.24, 2.45) is 11.1 Å². The summed E-state index contributed by atoms with van der Waals surface area (Å²) in [4.78, 5) is 44.9. The fourth-order valence-electron chi connectivity index (χ4n) is 5.48. The highest BCUT2D eigenvalue weighted by Crippen LogP contribution is 2.59. The number of rotatable bonds is 8. The topological polar surface area (TPSA) is 116 Å². The zero-order chi connectivity index (χ0) is 26.3. The Labute approximate surface area is 217 Å². The molecule has 0 unspecified atom stereocenters. The summed E-state index contributed by atoms with van der Waals surface area (Å²) in [6, 6.07) is 10.9. The maximum atomic E-state index is 14.3. The number of aromatic nitrogens is 1. The van der Waals surface area contributed by atoms with Gasteiger partial charge in [0.15, 0.2) is 0 Å². The highest BCUT2D eigenvalue weighted by molar-refractivity contribution is 6.30. The summed E-state index contributed by atoms with van der Waals surface area (Å²) in [7, 11) is 1.60. The van der Waals surface area contributed by atoms with Gasteiger partial charge in [0, 0.05) is 42.3 Å². The second-order valence-electron chi connectivity index (χ2n) is 9.55. The highest BCUT2D eigenvalue weighted by Gasteiger charge is 2.67. The molecule has 2 aromatic carbocycles. The van der Waals surface area contributed by atoms with E-state index in [0.717, 1.165) is 11.8 Å². The molecule has 1 aromatic heterocycles. The minimum atomic E-state index is -0.978. The summed E-state index contributed by atoms with van der Waals surface area (Å²) in [5.41, 5.74) is 6.38. The lowest BCUT2D eigenvalue weighted by Gasteiger charge is -2.27. The van der Waals surface area contributed by atoms with Crippen molar-refractivity contribution >= 4 is 40.4 Å². The Bertz CT molecular complexity index is 1390. The van der Waals surface area contributed by atoms with Crippen molar-refractivity contribution in [1.29, 1.82) is 0 Å². The van der Waals surface area contributed by atoms with Crippen molar-refractivity contribution in [1.82, 2.24) is 14.9 Å². The zero-order valence-electron chi connectivity index (χ0n) is 20.1. The summed E-state index contributed by atoms with van der Waals surface area (Å²) in [5, 5.41) is 3.47. The fraction of sp³-hybridized carbons (Fsp3) is 0.346. The van der Waals surface area contributed by atoms with Crippen LogP contribution in [-0.2, 0) is 27.3 Å². The molecule has 194 valence electrons. The summed E-state index contributed by atoms with van der Waals surface area (Å²) >= 11 is 5.86. The first-order valence-corrected chi connectivity index (χ1v) is 12.2. The first-order valence-electron chi connectivity index (χ1n) is 11.8. The van der Waals surface area contributed by atoms with Crippen LogP contribution in [0.1, 0.15) is 24.0 Å². The molecule has 0 bridgehead atoms. The van der Waals surface area contributed by atoms with E-state index in [1.807, 2.05) is 12.1 Å². The van der Waals surface area contributed by atoms with Gasteiger partial charge < -0.3 is 25.5 Å². The molecular weight excluding hydrogens is 503 g/mol. The van der Waals surface area contributed by atoms with E-state index in [4.69, 9.17) is 26.9 Å². The first-order chi connectivity index (χ1) is 17.7. The van der Waals surface area contributed by atoms with Gasteiger partial charge in [0.05, 0.1) is 23.6 Å². The van der Waals surface area contributed by atoms with Crippen molar-refractivity contribution in [3.05, 3.63) is 70.6 Å². The number of carbonyl (C=O) groups excluding carboxylic acids is 3. The molecule has 1 aliphatic heterocycles. The third-order valence-corrected chi connectivity index (χ3v) is 7.51. The number of carbonyl (C=O) groups is 3. The number of nitrogens with one attached hydrogen (secondary N) is 1. The number of nitrogens with two attached hydrogens (primary N) is 1. The summed E-state index contributed by atoms with van der Waals surface area (Å²) in [6.07, 6.45) is 1.75. The molecule has 0 radical (unpaired) electrons. The fourth-order valence-corrected chi connectivity index (χ4v) is 5.67. The minimum Gasteiger partial charge on any atom is -0.384 e. The molecule has 3 amide bonds. The van der Waals surface area contributed by atoms with Gasteiger partial charge in [-0.2, -0.15) is 4.73 Å². The molecule has 1 saturated heterocycles. The molecule has 3 atom stereocenters.